The summed E-state index contributed by atoms with van der Waals surface area (Å²) in [5, 5.41) is 11.7. The van der Waals surface area contributed by atoms with E-state index in [1.165, 1.54) is 11.1 Å². The van der Waals surface area contributed by atoms with Gasteiger partial charge in [-0.25, -0.2) is 0 Å². The van der Waals surface area contributed by atoms with E-state index in [1.807, 2.05) is 6.07 Å². The summed E-state index contributed by atoms with van der Waals surface area (Å²) in [7, 11) is 0. The van der Waals surface area contributed by atoms with Gasteiger partial charge in [0, 0.05) is 12.7 Å². The maximum absolute atomic E-state index is 11.9. The molecule has 22 heavy (non-hydrogen) atoms. The Bertz CT molecular complexity index is 671. The highest BCUT2D eigenvalue weighted by Crippen LogP contribution is 2.05. The minimum Gasteiger partial charge on any atom is -0.355 e. The number of nitriles is 1. The van der Waals surface area contributed by atoms with Crippen molar-refractivity contribution in [3.8, 4) is 6.07 Å². The molecule has 2 rings (SSSR count). The number of carbonyl (C=O) groups is 1. The molecule has 0 bridgehead atoms. The van der Waals surface area contributed by atoms with Crippen LogP contribution in [0.2, 0.25) is 0 Å². The van der Waals surface area contributed by atoms with Crippen molar-refractivity contribution in [3.63, 3.8) is 0 Å². The predicted molar refractivity (Wildman–Crippen MR) is 85.2 cm³/mol. The summed E-state index contributed by atoms with van der Waals surface area (Å²) in [5.41, 5.74) is 3.66. The SMILES string of the molecule is CCc1ccc(CCNC(=O)Cc2cc(C#N)ccn2)cc1. The molecule has 4 heteroatoms. The topological polar surface area (TPSA) is 65.8 Å². The van der Waals surface area contributed by atoms with E-state index in [0.717, 1.165) is 12.8 Å². The summed E-state index contributed by atoms with van der Waals surface area (Å²) in [6.45, 7) is 2.73. The second kappa shape index (κ2) is 7.94. The summed E-state index contributed by atoms with van der Waals surface area (Å²) in [5.74, 6) is -0.0761. The van der Waals surface area contributed by atoms with Gasteiger partial charge in [-0.1, -0.05) is 31.2 Å². The molecule has 0 spiro atoms. The zero-order valence-corrected chi connectivity index (χ0v) is 12.7. The van der Waals surface area contributed by atoms with E-state index in [4.69, 9.17) is 5.26 Å². The van der Waals surface area contributed by atoms with Crippen molar-refractivity contribution in [2.45, 2.75) is 26.2 Å². The molecule has 0 aliphatic carbocycles. The number of aryl methyl sites for hydroxylation is 1. The Hall–Kier alpha value is -2.67. The van der Waals surface area contributed by atoms with E-state index in [0.29, 0.717) is 17.8 Å². The summed E-state index contributed by atoms with van der Waals surface area (Å²) in [6, 6.07) is 13.8. The van der Waals surface area contributed by atoms with Gasteiger partial charge in [-0.15, -0.1) is 0 Å². The Balaban J connectivity index is 1.78. The van der Waals surface area contributed by atoms with Gasteiger partial charge in [0.2, 0.25) is 5.91 Å². The van der Waals surface area contributed by atoms with Gasteiger partial charge in [0.05, 0.1) is 23.7 Å². The van der Waals surface area contributed by atoms with Gasteiger partial charge < -0.3 is 5.32 Å². The first-order chi connectivity index (χ1) is 10.7. The van der Waals surface area contributed by atoms with E-state index < -0.39 is 0 Å². The number of amides is 1. The van der Waals surface area contributed by atoms with Crippen LogP contribution >= 0.6 is 0 Å². The standard InChI is InChI=1S/C18H19N3O/c1-2-14-3-5-15(6-4-14)7-10-21-18(22)12-17-11-16(13-19)8-9-20-17/h3-6,8-9,11H,2,7,10,12H2,1H3,(H,21,22). The molecule has 0 fully saturated rings. The summed E-state index contributed by atoms with van der Waals surface area (Å²) in [6.07, 6.45) is 3.59. The van der Waals surface area contributed by atoms with Crippen molar-refractivity contribution < 1.29 is 4.79 Å². The lowest BCUT2D eigenvalue weighted by atomic mass is 10.1. The first-order valence-corrected chi connectivity index (χ1v) is 7.41. The van der Waals surface area contributed by atoms with Crippen LogP contribution in [0.15, 0.2) is 42.6 Å². The Morgan fingerprint density at radius 1 is 1.23 bits per heavy atom. The number of benzene rings is 1. The highest BCUT2D eigenvalue weighted by atomic mass is 16.1. The Morgan fingerprint density at radius 3 is 2.64 bits per heavy atom. The zero-order valence-electron chi connectivity index (χ0n) is 12.7. The average molecular weight is 293 g/mol. The Labute approximate surface area is 130 Å². The first kappa shape index (κ1) is 15.7. The summed E-state index contributed by atoms with van der Waals surface area (Å²) in [4.78, 5) is 16.0. The monoisotopic (exact) mass is 293 g/mol. The zero-order chi connectivity index (χ0) is 15.8. The van der Waals surface area contributed by atoms with Crippen LogP contribution in [0, 0.1) is 11.3 Å². The van der Waals surface area contributed by atoms with Crippen LogP contribution in [0.25, 0.3) is 0 Å². The average Bonchev–Trinajstić information content (AvgIpc) is 2.55. The van der Waals surface area contributed by atoms with Crippen LogP contribution in [0.3, 0.4) is 0 Å². The fourth-order valence-corrected chi connectivity index (χ4v) is 2.16. The van der Waals surface area contributed by atoms with Crippen molar-refractivity contribution in [2.75, 3.05) is 6.54 Å². The van der Waals surface area contributed by atoms with Gasteiger partial charge in [0.15, 0.2) is 0 Å². The highest BCUT2D eigenvalue weighted by Gasteiger charge is 2.05. The Kier molecular flexibility index (Phi) is 5.67. The largest absolute Gasteiger partial charge is 0.355 e. The number of nitrogens with zero attached hydrogens (tertiary/aromatic N) is 2. The molecule has 0 saturated carbocycles. The third kappa shape index (κ3) is 4.71. The van der Waals surface area contributed by atoms with Gasteiger partial charge in [-0.05, 0) is 36.1 Å². The summed E-state index contributed by atoms with van der Waals surface area (Å²) < 4.78 is 0. The number of aromatic nitrogens is 1. The molecule has 2 aromatic rings. The molecular formula is C18H19N3O. The highest BCUT2D eigenvalue weighted by molar-refractivity contribution is 5.78. The molecule has 0 unspecified atom stereocenters. The molecular weight excluding hydrogens is 274 g/mol. The van der Waals surface area contributed by atoms with Gasteiger partial charge >= 0.3 is 0 Å². The minimum absolute atomic E-state index is 0.0761. The van der Waals surface area contributed by atoms with Crippen LogP contribution in [-0.2, 0) is 24.1 Å². The molecule has 0 aliphatic rings. The van der Waals surface area contributed by atoms with Crippen LogP contribution in [0.1, 0.15) is 29.3 Å². The lowest BCUT2D eigenvalue weighted by Crippen LogP contribution is -2.27. The number of nitrogens with one attached hydrogen (secondary N) is 1. The molecule has 0 radical (unpaired) electrons. The molecule has 4 nitrogen and oxygen atoms in total. The smallest absolute Gasteiger partial charge is 0.226 e. The molecule has 0 atom stereocenters. The lowest BCUT2D eigenvalue weighted by Gasteiger charge is -2.06. The van der Waals surface area contributed by atoms with Gasteiger partial charge in [0.25, 0.3) is 0 Å². The van der Waals surface area contributed by atoms with E-state index >= 15 is 0 Å². The number of rotatable bonds is 6. The van der Waals surface area contributed by atoms with E-state index in [9.17, 15) is 4.79 Å². The van der Waals surface area contributed by atoms with Crippen molar-refractivity contribution in [1.29, 1.82) is 5.26 Å². The van der Waals surface area contributed by atoms with Crippen LogP contribution < -0.4 is 5.32 Å². The maximum atomic E-state index is 11.9. The van der Waals surface area contributed by atoms with Crippen LogP contribution in [0.5, 0.6) is 0 Å². The number of hydrogen-bond donors (Lipinski definition) is 1. The second-order valence-electron chi connectivity index (χ2n) is 5.09. The van der Waals surface area contributed by atoms with Crippen LogP contribution in [0.4, 0.5) is 0 Å². The summed E-state index contributed by atoms with van der Waals surface area (Å²) >= 11 is 0. The van der Waals surface area contributed by atoms with Crippen LogP contribution in [-0.4, -0.2) is 17.4 Å². The fraction of sp³-hybridized carbons (Fsp3) is 0.278. The minimum atomic E-state index is -0.0761. The van der Waals surface area contributed by atoms with E-state index in [1.54, 1.807) is 18.3 Å². The first-order valence-electron chi connectivity index (χ1n) is 7.41. The molecule has 0 saturated heterocycles. The van der Waals surface area contributed by atoms with E-state index in [-0.39, 0.29) is 12.3 Å². The number of pyridine rings is 1. The molecule has 1 amide bonds. The maximum Gasteiger partial charge on any atom is 0.226 e. The second-order valence-corrected chi connectivity index (χ2v) is 5.09. The quantitative estimate of drug-likeness (QED) is 0.889. The molecule has 0 aliphatic heterocycles. The molecule has 112 valence electrons. The van der Waals surface area contributed by atoms with Crippen molar-refractivity contribution in [3.05, 3.63) is 65.0 Å². The fourth-order valence-electron chi connectivity index (χ4n) is 2.16. The normalized spacial score (nSPS) is 10.0. The Morgan fingerprint density at radius 2 is 1.95 bits per heavy atom. The molecule has 1 heterocycles. The molecule has 1 aromatic carbocycles. The van der Waals surface area contributed by atoms with E-state index in [2.05, 4.69) is 41.5 Å². The third-order valence-corrected chi connectivity index (χ3v) is 3.45. The van der Waals surface area contributed by atoms with Crippen molar-refractivity contribution in [1.82, 2.24) is 10.3 Å². The van der Waals surface area contributed by atoms with Crippen molar-refractivity contribution >= 4 is 5.91 Å². The molecule has 1 N–H and O–H groups in total. The van der Waals surface area contributed by atoms with Crippen molar-refractivity contribution in [2.24, 2.45) is 0 Å². The third-order valence-electron chi connectivity index (χ3n) is 3.45. The van der Waals surface area contributed by atoms with Gasteiger partial charge in [0.1, 0.15) is 0 Å². The number of hydrogen-bond acceptors (Lipinski definition) is 3. The predicted octanol–water partition coefficient (Wildman–Crippen LogP) is 2.42. The van der Waals surface area contributed by atoms with Gasteiger partial charge in [-0.2, -0.15) is 5.26 Å². The van der Waals surface area contributed by atoms with Gasteiger partial charge in [-0.3, -0.25) is 9.78 Å². The number of carbonyl (C=O) groups excluding carboxylic acids is 1. The molecule has 1 aromatic heterocycles. The lowest BCUT2D eigenvalue weighted by molar-refractivity contribution is -0.120.